The van der Waals surface area contributed by atoms with Crippen LogP contribution in [0.4, 0.5) is 5.13 Å². The van der Waals surface area contributed by atoms with E-state index in [2.05, 4.69) is 20.5 Å². The molecule has 44 heavy (non-hydrogen) atoms. The van der Waals surface area contributed by atoms with Gasteiger partial charge in [-0.1, -0.05) is 31.4 Å². The molecule has 0 bridgehead atoms. The van der Waals surface area contributed by atoms with E-state index in [1.165, 1.54) is 0 Å². The molecule has 6 rings (SSSR count). The number of anilines is 1. The summed E-state index contributed by atoms with van der Waals surface area (Å²) in [6, 6.07) is 6.05. The van der Waals surface area contributed by atoms with Crippen molar-refractivity contribution in [2.24, 2.45) is 5.92 Å². The minimum Gasteiger partial charge on any atom is -0.383 e. The highest BCUT2D eigenvalue weighted by atomic mass is 32.1. The fourth-order valence-electron chi connectivity index (χ4n) is 7.02. The van der Waals surface area contributed by atoms with Gasteiger partial charge in [-0.15, -0.1) is 11.3 Å². The summed E-state index contributed by atoms with van der Waals surface area (Å²) < 4.78 is 16.4. The van der Waals surface area contributed by atoms with E-state index < -0.39 is 18.2 Å². The lowest BCUT2D eigenvalue weighted by Gasteiger charge is -2.34. The zero-order valence-electron chi connectivity index (χ0n) is 25.6. The smallest absolute Gasteiger partial charge is 0.251 e. The van der Waals surface area contributed by atoms with Crippen LogP contribution >= 0.6 is 11.3 Å². The predicted molar refractivity (Wildman–Crippen MR) is 167 cm³/mol. The summed E-state index contributed by atoms with van der Waals surface area (Å²) in [6.45, 7) is 5.81. The van der Waals surface area contributed by atoms with Crippen molar-refractivity contribution in [2.75, 3.05) is 71.6 Å². The van der Waals surface area contributed by atoms with Gasteiger partial charge in [-0.2, -0.15) is 0 Å². The van der Waals surface area contributed by atoms with Gasteiger partial charge in [-0.25, -0.2) is 4.98 Å². The number of methoxy groups -OCH3 is 2. The van der Waals surface area contributed by atoms with Gasteiger partial charge >= 0.3 is 0 Å². The van der Waals surface area contributed by atoms with Gasteiger partial charge in [0.1, 0.15) is 30.9 Å². The second-order valence-corrected chi connectivity index (χ2v) is 13.1. The average molecular weight is 626 g/mol. The number of nitrogens with one attached hydrogen (secondary N) is 1. The number of benzene rings is 1. The summed E-state index contributed by atoms with van der Waals surface area (Å²) in [5.74, 6) is -0.599. The van der Waals surface area contributed by atoms with Crippen molar-refractivity contribution in [3.05, 3.63) is 35.2 Å². The van der Waals surface area contributed by atoms with E-state index in [-0.39, 0.29) is 42.8 Å². The largest absolute Gasteiger partial charge is 0.383 e. The number of fused-ring (bicyclic) bond motifs is 1. The number of carbonyl (C=O) groups is 3. The molecule has 1 aromatic heterocycles. The van der Waals surface area contributed by atoms with Crippen LogP contribution in [-0.2, 0) is 23.8 Å². The molecule has 3 saturated heterocycles. The molecule has 12 heteroatoms. The van der Waals surface area contributed by atoms with E-state index in [1.54, 1.807) is 42.6 Å². The molecule has 4 atom stereocenters. The Balaban J connectivity index is 1.12. The van der Waals surface area contributed by atoms with Crippen LogP contribution in [0.25, 0.3) is 11.3 Å². The number of ether oxygens (including phenoxy) is 3. The van der Waals surface area contributed by atoms with Crippen LogP contribution in [0.5, 0.6) is 0 Å². The first-order chi connectivity index (χ1) is 21.5. The Labute approximate surface area is 262 Å². The molecule has 4 heterocycles. The highest BCUT2D eigenvalue weighted by molar-refractivity contribution is 7.14. The van der Waals surface area contributed by atoms with Gasteiger partial charge < -0.3 is 29.3 Å². The Hall–Kier alpha value is -2.90. The van der Waals surface area contributed by atoms with E-state index in [4.69, 9.17) is 19.2 Å². The van der Waals surface area contributed by atoms with Gasteiger partial charge in [-0.05, 0) is 30.9 Å². The van der Waals surface area contributed by atoms with Crippen LogP contribution in [0.3, 0.4) is 0 Å². The molecule has 1 N–H and O–H groups in total. The number of amides is 2. The lowest BCUT2D eigenvalue weighted by atomic mass is 9.83. The Bertz CT molecular complexity index is 1310. The van der Waals surface area contributed by atoms with Crippen molar-refractivity contribution < 1.29 is 28.6 Å². The summed E-state index contributed by atoms with van der Waals surface area (Å²) in [5, 5.41) is 6.14. The van der Waals surface area contributed by atoms with Gasteiger partial charge in [0.15, 0.2) is 10.9 Å². The van der Waals surface area contributed by atoms with Crippen LogP contribution < -0.4 is 10.2 Å². The van der Waals surface area contributed by atoms with E-state index in [9.17, 15) is 14.4 Å². The highest BCUT2D eigenvalue weighted by Gasteiger charge is 2.54. The average Bonchev–Trinajstić information content (AvgIpc) is 3.80. The van der Waals surface area contributed by atoms with Crippen LogP contribution in [-0.4, -0.2) is 123 Å². The zero-order valence-corrected chi connectivity index (χ0v) is 26.4. The van der Waals surface area contributed by atoms with Crippen molar-refractivity contribution in [3.63, 3.8) is 0 Å². The molecule has 0 spiro atoms. The second-order valence-electron chi connectivity index (χ2n) is 12.2. The number of thiazole rings is 1. The monoisotopic (exact) mass is 625 g/mol. The van der Waals surface area contributed by atoms with Crippen molar-refractivity contribution in [1.29, 1.82) is 0 Å². The number of rotatable bonds is 10. The van der Waals surface area contributed by atoms with E-state index >= 15 is 0 Å². The van der Waals surface area contributed by atoms with Crippen LogP contribution in [0.2, 0.25) is 0 Å². The fourth-order valence-corrected chi connectivity index (χ4v) is 7.91. The summed E-state index contributed by atoms with van der Waals surface area (Å²) in [6.07, 6.45) is 4.09. The van der Waals surface area contributed by atoms with Crippen LogP contribution in [0, 0.1) is 5.92 Å². The Kier molecular flexibility index (Phi) is 9.92. The number of hydrogen-bond acceptors (Lipinski definition) is 10. The van der Waals surface area contributed by atoms with Gasteiger partial charge in [0.2, 0.25) is 5.91 Å². The maximum absolute atomic E-state index is 14.0. The van der Waals surface area contributed by atoms with Crippen LogP contribution in [0.1, 0.15) is 42.5 Å². The van der Waals surface area contributed by atoms with Gasteiger partial charge in [-0.3, -0.25) is 19.3 Å². The van der Waals surface area contributed by atoms with Crippen molar-refractivity contribution >= 4 is 34.1 Å². The third-order valence-corrected chi connectivity index (χ3v) is 10.5. The number of aromatic nitrogens is 1. The number of hydrogen-bond donors (Lipinski definition) is 1. The van der Waals surface area contributed by atoms with E-state index in [0.717, 1.165) is 87.8 Å². The standard InChI is InChI=1S/C32H43N5O6S/c1-41-17-16-35-12-14-36(15-13-35)32-33-24(20-44-32)21-8-10-23(11-9-21)30(39)34-27(22-6-4-3-5-7-22)31(40)37-18-26(42-2)29-28(37)25(38)19-43-29/h8-11,20,22,26-29H,3-7,12-19H2,1-2H3,(H,34,39)/t26-,27-,28+,29-/m0/s1. The predicted octanol–water partition coefficient (Wildman–Crippen LogP) is 2.45. The normalized spacial score (nSPS) is 25.3. The number of ketones is 1. The molecular formula is C32H43N5O6S. The molecule has 4 aliphatic rings. The molecular weight excluding hydrogens is 582 g/mol. The molecule has 1 saturated carbocycles. The highest BCUT2D eigenvalue weighted by Crippen LogP contribution is 2.33. The Morgan fingerprint density at radius 3 is 2.55 bits per heavy atom. The molecule has 11 nitrogen and oxygen atoms in total. The number of piperazine rings is 1. The molecule has 4 fully saturated rings. The zero-order chi connectivity index (χ0) is 30.6. The summed E-state index contributed by atoms with van der Waals surface area (Å²) in [4.78, 5) is 51.5. The van der Waals surface area contributed by atoms with Crippen molar-refractivity contribution in [1.82, 2.24) is 20.1 Å². The SMILES string of the molecule is COCCN1CCN(c2nc(-c3ccc(C(=O)N[C@H](C(=O)N4C[C@H](OC)[C@@H]5OCC(=O)[C@H]54)C4CCCCC4)cc3)cs2)CC1. The lowest BCUT2D eigenvalue weighted by molar-refractivity contribution is -0.139. The summed E-state index contributed by atoms with van der Waals surface area (Å²) in [5.41, 5.74) is 2.31. The second kappa shape index (κ2) is 14.0. The Morgan fingerprint density at radius 2 is 1.84 bits per heavy atom. The maximum Gasteiger partial charge on any atom is 0.251 e. The Morgan fingerprint density at radius 1 is 1.09 bits per heavy atom. The first-order valence-electron chi connectivity index (χ1n) is 15.8. The quantitative estimate of drug-likeness (QED) is 0.426. The van der Waals surface area contributed by atoms with Gasteiger partial charge in [0, 0.05) is 63.5 Å². The van der Waals surface area contributed by atoms with E-state index in [0.29, 0.717) is 5.56 Å². The summed E-state index contributed by atoms with van der Waals surface area (Å²) >= 11 is 1.64. The molecule has 2 aromatic rings. The first kappa shape index (κ1) is 31.1. The van der Waals surface area contributed by atoms with E-state index in [1.807, 2.05) is 12.1 Å². The number of carbonyl (C=O) groups excluding carboxylic acids is 3. The lowest BCUT2D eigenvalue weighted by Crippen LogP contribution is -2.55. The topological polar surface area (TPSA) is 114 Å². The molecule has 2 amide bonds. The number of Topliss-reactive ketones (excluding diaryl/α,β-unsaturated/α-hetero) is 1. The third-order valence-electron chi connectivity index (χ3n) is 9.59. The molecule has 0 radical (unpaired) electrons. The molecule has 238 valence electrons. The van der Waals surface area contributed by atoms with Crippen LogP contribution in [0.15, 0.2) is 29.6 Å². The molecule has 1 aliphatic carbocycles. The number of nitrogens with zero attached hydrogens (tertiary/aromatic N) is 4. The van der Waals surface area contributed by atoms with Crippen molar-refractivity contribution in [2.45, 2.75) is 56.4 Å². The maximum atomic E-state index is 14.0. The van der Waals surface area contributed by atoms with Gasteiger partial charge in [0.05, 0.1) is 18.8 Å². The number of likely N-dealkylation sites (tertiary alicyclic amines) is 1. The fraction of sp³-hybridized carbons (Fsp3) is 0.625. The molecule has 3 aliphatic heterocycles. The minimum atomic E-state index is -0.705. The molecule has 1 aromatic carbocycles. The van der Waals surface area contributed by atoms with Gasteiger partial charge in [0.25, 0.3) is 5.91 Å². The summed E-state index contributed by atoms with van der Waals surface area (Å²) in [7, 11) is 3.31. The van der Waals surface area contributed by atoms with Crippen molar-refractivity contribution in [3.8, 4) is 11.3 Å². The first-order valence-corrected chi connectivity index (χ1v) is 16.7. The molecule has 0 unspecified atom stereocenters. The minimum absolute atomic E-state index is 0.0161. The third kappa shape index (κ3) is 6.55.